The molecule has 5 rings (SSSR count). The summed E-state index contributed by atoms with van der Waals surface area (Å²) >= 11 is 1.33. The average Bonchev–Trinajstić information content (AvgIpc) is 3.49. The Bertz CT molecular complexity index is 1610. The molecule has 0 saturated heterocycles. The summed E-state index contributed by atoms with van der Waals surface area (Å²) in [6.45, 7) is 13.1. The molecule has 0 bridgehead atoms. The van der Waals surface area contributed by atoms with Crippen molar-refractivity contribution in [2.24, 2.45) is 5.92 Å². The Morgan fingerprint density at radius 2 is 1.79 bits per heavy atom. The molecule has 204 valence electrons. The van der Waals surface area contributed by atoms with Crippen LogP contribution in [0.5, 0.6) is 11.5 Å². The van der Waals surface area contributed by atoms with Crippen LogP contribution in [-0.4, -0.2) is 29.3 Å². The van der Waals surface area contributed by atoms with E-state index in [1.54, 1.807) is 0 Å². The zero-order chi connectivity index (χ0) is 27.8. The summed E-state index contributed by atoms with van der Waals surface area (Å²) in [6, 6.07) is 8.46. The maximum atomic E-state index is 14.0. The van der Waals surface area contributed by atoms with Gasteiger partial charge in [-0.25, -0.2) is 0 Å². The van der Waals surface area contributed by atoms with Crippen LogP contribution < -0.4 is 19.8 Å². The zero-order valence-electron chi connectivity index (χ0n) is 23.2. The second-order valence-corrected chi connectivity index (χ2v) is 11.2. The number of ether oxygens (including phenoxy) is 2. The predicted molar refractivity (Wildman–Crippen MR) is 152 cm³/mol. The summed E-state index contributed by atoms with van der Waals surface area (Å²) in [5, 5.41) is 10.2. The highest BCUT2D eigenvalue weighted by atomic mass is 32.1. The highest BCUT2D eigenvalue weighted by Gasteiger charge is 2.45. The minimum atomic E-state index is -0.753. The van der Waals surface area contributed by atoms with E-state index in [0.717, 1.165) is 22.6 Å². The molecular formula is C30H33N3O5S. The molecule has 4 aromatic rings. The second-order valence-electron chi connectivity index (χ2n) is 10.2. The van der Waals surface area contributed by atoms with Gasteiger partial charge in [-0.1, -0.05) is 38.2 Å². The third-order valence-corrected chi connectivity index (χ3v) is 8.05. The highest BCUT2D eigenvalue weighted by Crippen LogP contribution is 2.44. The molecular weight excluding hydrogens is 514 g/mol. The Morgan fingerprint density at radius 3 is 2.49 bits per heavy atom. The van der Waals surface area contributed by atoms with Crippen LogP contribution in [0.4, 0.5) is 5.13 Å². The number of aryl methyl sites for hydroxylation is 3. The number of hydrogen-bond acceptors (Lipinski definition) is 8. The molecule has 0 radical (unpaired) electrons. The van der Waals surface area contributed by atoms with Gasteiger partial charge in [0, 0.05) is 0 Å². The first kappa shape index (κ1) is 26.9. The summed E-state index contributed by atoms with van der Waals surface area (Å²) in [7, 11) is 0. The predicted octanol–water partition coefficient (Wildman–Crippen LogP) is 6.40. The molecule has 2 aromatic carbocycles. The van der Waals surface area contributed by atoms with Crippen molar-refractivity contribution >= 4 is 33.3 Å². The van der Waals surface area contributed by atoms with Crippen molar-refractivity contribution in [1.29, 1.82) is 0 Å². The lowest BCUT2D eigenvalue weighted by Gasteiger charge is -2.23. The van der Waals surface area contributed by atoms with E-state index in [-0.39, 0.29) is 11.2 Å². The molecule has 1 amide bonds. The summed E-state index contributed by atoms with van der Waals surface area (Å²) in [6.07, 6.45) is 1.60. The van der Waals surface area contributed by atoms with Crippen molar-refractivity contribution in [3.63, 3.8) is 0 Å². The Hall–Kier alpha value is -3.72. The van der Waals surface area contributed by atoms with Crippen molar-refractivity contribution in [2.75, 3.05) is 18.1 Å². The monoisotopic (exact) mass is 547 g/mol. The van der Waals surface area contributed by atoms with E-state index in [2.05, 4.69) is 24.0 Å². The maximum absolute atomic E-state index is 14.0. The van der Waals surface area contributed by atoms with Crippen molar-refractivity contribution < 1.29 is 18.7 Å². The third-order valence-electron chi connectivity index (χ3n) is 6.99. The molecule has 0 fully saturated rings. The molecule has 2 aromatic heterocycles. The van der Waals surface area contributed by atoms with Crippen LogP contribution in [0, 0.1) is 19.8 Å². The summed E-state index contributed by atoms with van der Waals surface area (Å²) in [5.74, 6) is 1.31. The number of fused-ring (bicyclic) bond motifs is 2. The smallest absolute Gasteiger partial charge is 0.297 e. The lowest BCUT2D eigenvalue weighted by Crippen LogP contribution is -2.29. The molecule has 1 aliphatic heterocycles. The molecule has 1 atom stereocenters. The van der Waals surface area contributed by atoms with Gasteiger partial charge < -0.3 is 13.9 Å². The van der Waals surface area contributed by atoms with Crippen LogP contribution >= 0.6 is 11.3 Å². The molecule has 0 aliphatic carbocycles. The largest absolute Gasteiger partial charge is 0.490 e. The number of amides is 1. The number of aromatic nitrogens is 2. The number of nitrogens with zero attached hydrogens (tertiary/aromatic N) is 3. The number of carbonyl (C=O) groups excluding carboxylic acids is 1. The standard InChI is InChI=1S/C30H33N3O5S/c1-7-24-31-32-30(39-24)33-26(19-9-10-21(23(15-19)36-8-2)37-12-11-16(3)4)25-27(34)20-13-17(5)18(6)14-22(20)38-28(25)29(33)35/h9-10,13-16,26H,7-8,11-12H2,1-6H3. The maximum Gasteiger partial charge on any atom is 0.297 e. The van der Waals surface area contributed by atoms with Crippen molar-refractivity contribution in [1.82, 2.24) is 10.2 Å². The fraction of sp³-hybridized carbons (Fsp3) is 0.400. The van der Waals surface area contributed by atoms with Crippen LogP contribution in [0.2, 0.25) is 0 Å². The lowest BCUT2D eigenvalue weighted by atomic mass is 9.97. The molecule has 1 aliphatic rings. The number of benzene rings is 2. The van der Waals surface area contributed by atoms with Crippen LogP contribution in [0.3, 0.4) is 0 Å². The van der Waals surface area contributed by atoms with E-state index in [1.165, 1.54) is 16.2 Å². The van der Waals surface area contributed by atoms with Gasteiger partial charge in [-0.15, -0.1) is 10.2 Å². The van der Waals surface area contributed by atoms with Gasteiger partial charge in [-0.3, -0.25) is 14.5 Å². The van der Waals surface area contributed by atoms with Crippen LogP contribution in [-0.2, 0) is 6.42 Å². The van der Waals surface area contributed by atoms with E-state index >= 15 is 0 Å². The normalized spacial score (nSPS) is 14.9. The second kappa shape index (κ2) is 10.8. The van der Waals surface area contributed by atoms with E-state index in [4.69, 9.17) is 13.9 Å². The Kier molecular flexibility index (Phi) is 7.44. The van der Waals surface area contributed by atoms with Gasteiger partial charge in [0.05, 0.1) is 30.2 Å². The van der Waals surface area contributed by atoms with Gasteiger partial charge in [-0.05, 0) is 80.5 Å². The number of anilines is 1. The summed E-state index contributed by atoms with van der Waals surface area (Å²) < 4.78 is 18.1. The Labute approximate surface area is 231 Å². The molecule has 1 unspecified atom stereocenters. The molecule has 0 spiro atoms. The van der Waals surface area contributed by atoms with Crippen molar-refractivity contribution in [3.05, 3.63) is 73.6 Å². The highest BCUT2D eigenvalue weighted by molar-refractivity contribution is 7.15. The quantitative estimate of drug-likeness (QED) is 0.239. The van der Waals surface area contributed by atoms with E-state index in [0.29, 0.717) is 64.3 Å². The van der Waals surface area contributed by atoms with Crippen molar-refractivity contribution in [2.45, 2.75) is 60.4 Å². The van der Waals surface area contributed by atoms with Crippen LogP contribution in [0.1, 0.15) is 78.0 Å². The fourth-order valence-corrected chi connectivity index (χ4v) is 5.52. The molecule has 0 saturated carbocycles. The van der Waals surface area contributed by atoms with E-state index in [9.17, 15) is 9.59 Å². The van der Waals surface area contributed by atoms with E-state index < -0.39 is 11.9 Å². The number of carbonyl (C=O) groups is 1. The average molecular weight is 548 g/mol. The van der Waals surface area contributed by atoms with Gasteiger partial charge in [0.1, 0.15) is 10.6 Å². The van der Waals surface area contributed by atoms with Crippen LogP contribution in [0.25, 0.3) is 11.0 Å². The number of rotatable bonds is 9. The minimum absolute atomic E-state index is 0.0317. The first-order valence-corrected chi connectivity index (χ1v) is 14.2. The first-order valence-electron chi connectivity index (χ1n) is 13.4. The summed E-state index contributed by atoms with van der Waals surface area (Å²) in [4.78, 5) is 29.4. The number of hydrogen-bond donors (Lipinski definition) is 0. The van der Waals surface area contributed by atoms with Gasteiger partial charge in [0.25, 0.3) is 5.91 Å². The SMILES string of the molecule is CCOc1cc(C2c3c(oc4cc(C)c(C)cc4c3=O)C(=O)N2c2nnc(CC)s2)ccc1OCCC(C)C. The fourth-order valence-electron chi connectivity index (χ4n) is 4.71. The Balaban J connectivity index is 1.69. The minimum Gasteiger partial charge on any atom is -0.490 e. The molecule has 0 N–H and O–H groups in total. The molecule has 8 nitrogen and oxygen atoms in total. The molecule has 9 heteroatoms. The topological polar surface area (TPSA) is 94.8 Å². The third kappa shape index (κ3) is 4.91. The lowest BCUT2D eigenvalue weighted by molar-refractivity contribution is 0.0970. The molecule has 3 heterocycles. The van der Waals surface area contributed by atoms with Crippen LogP contribution in [0.15, 0.2) is 39.5 Å². The summed E-state index contributed by atoms with van der Waals surface area (Å²) in [5.41, 5.74) is 3.11. The van der Waals surface area contributed by atoms with Gasteiger partial charge in [-0.2, -0.15) is 0 Å². The van der Waals surface area contributed by atoms with E-state index in [1.807, 2.05) is 58.0 Å². The van der Waals surface area contributed by atoms with Gasteiger partial charge >= 0.3 is 0 Å². The Morgan fingerprint density at radius 1 is 1.03 bits per heavy atom. The van der Waals surface area contributed by atoms with Gasteiger partial charge in [0.15, 0.2) is 16.9 Å². The van der Waals surface area contributed by atoms with Gasteiger partial charge in [0.2, 0.25) is 10.9 Å². The first-order chi connectivity index (χ1) is 18.7. The zero-order valence-corrected chi connectivity index (χ0v) is 24.0. The van der Waals surface area contributed by atoms with Crippen molar-refractivity contribution in [3.8, 4) is 11.5 Å². The molecule has 39 heavy (non-hydrogen) atoms.